The lowest BCUT2D eigenvalue weighted by Gasteiger charge is -2.28. The summed E-state index contributed by atoms with van der Waals surface area (Å²) in [7, 11) is -3.82. The van der Waals surface area contributed by atoms with Crippen LogP contribution in [0, 0.1) is 11.3 Å². The van der Waals surface area contributed by atoms with Crippen LogP contribution in [-0.2, 0) is 16.4 Å². The molecule has 1 atom stereocenters. The van der Waals surface area contributed by atoms with Gasteiger partial charge in [-0.2, -0.15) is 5.26 Å². The number of sulfonamides is 1. The van der Waals surface area contributed by atoms with Crippen LogP contribution in [0.2, 0.25) is 0 Å². The quantitative estimate of drug-likeness (QED) is 0.854. The van der Waals surface area contributed by atoms with Crippen molar-refractivity contribution in [3.05, 3.63) is 53.6 Å². The molecule has 1 aliphatic rings. The summed E-state index contributed by atoms with van der Waals surface area (Å²) in [6.07, 6.45) is 1.03. The maximum Gasteiger partial charge on any atom is 0.238 e. The zero-order valence-electron chi connectivity index (χ0n) is 13.9. The molecule has 130 valence electrons. The van der Waals surface area contributed by atoms with Gasteiger partial charge in [0, 0.05) is 24.8 Å². The Morgan fingerprint density at radius 2 is 2.08 bits per heavy atom. The fraction of sp³-hybridized carbons (Fsp3) is 0.278. The molecule has 6 nitrogen and oxygen atoms in total. The smallest absolute Gasteiger partial charge is 0.238 e. The number of nitrogens with two attached hydrogens (primary N) is 1. The molecule has 25 heavy (non-hydrogen) atoms. The van der Waals surface area contributed by atoms with Gasteiger partial charge in [0.15, 0.2) is 0 Å². The van der Waals surface area contributed by atoms with Crippen LogP contribution in [0.4, 0.5) is 11.4 Å². The number of anilines is 2. The van der Waals surface area contributed by atoms with Gasteiger partial charge < -0.3 is 10.2 Å². The maximum atomic E-state index is 11.4. The lowest BCUT2D eigenvalue weighted by molar-refractivity contribution is 0.598. The molecule has 0 aliphatic carbocycles. The van der Waals surface area contributed by atoms with Crippen LogP contribution in [0.15, 0.2) is 47.4 Å². The number of benzene rings is 2. The molecule has 3 rings (SSSR count). The number of hydrogen-bond donors (Lipinski definition) is 2. The molecular weight excluding hydrogens is 336 g/mol. The van der Waals surface area contributed by atoms with Crippen molar-refractivity contribution in [2.24, 2.45) is 5.14 Å². The minimum atomic E-state index is -3.82. The van der Waals surface area contributed by atoms with Gasteiger partial charge in [-0.25, -0.2) is 13.6 Å². The van der Waals surface area contributed by atoms with Gasteiger partial charge in [-0.15, -0.1) is 0 Å². The summed E-state index contributed by atoms with van der Waals surface area (Å²) in [5, 5.41) is 17.6. The van der Waals surface area contributed by atoms with E-state index < -0.39 is 10.0 Å². The van der Waals surface area contributed by atoms with E-state index in [2.05, 4.69) is 35.3 Å². The summed E-state index contributed by atoms with van der Waals surface area (Å²) >= 11 is 0. The lowest BCUT2D eigenvalue weighted by Crippen LogP contribution is -2.36. The molecule has 0 saturated carbocycles. The number of rotatable bonds is 5. The van der Waals surface area contributed by atoms with Gasteiger partial charge in [0.05, 0.1) is 16.1 Å². The Morgan fingerprint density at radius 3 is 2.80 bits per heavy atom. The minimum Gasteiger partial charge on any atom is -0.382 e. The van der Waals surface area contributed by atoms with Crippen molar-refractivity contribution in [1.29, 1.82) is 5.26 Å². The standard InChI is InChI=1S/C18H20N4O2S/c1-13(22-9-8-14-4-2-3-5-18(14)22)12-21-17-7-6-16(25(20,23)24)10-15(17)11-19/h2-7,10,13,21H,8-9,12H2,1H3,(H2,20,23,24). The normalized spacial score (nSPS) is 14.7. The number of nitrogens with one attached hydrogen (secondary N) is 1. The molecule has 0 aromatic heterocycles. The predicted molar refractivity (Wildman–Crippen MR) is 98.0 cm³/mol. The van der Waals surface area contributed by atoms with Crippen molar-refractivity contribution in [2.75, 3.05) is 23.3 Å². The van der Waals surface area contributed by atoms with Crippen LogP contribution in [0.25, 0.3) is 0 Å². The Labute approximate surface area is 147 Å². The van der Waals surface area contributed by atoms with Gasteiger partial charge in [0.1, 0.15) is 6.07 Å². The topological polar surface area (TPSA) is 99.2 Å². The number of hydrogen-bond acceptors (Lipinski definition) is 5. The minimum absolute atomic E-state index is 0.0591. The molecule has 0 saturated heterocycles. The van der Waals surface area contributed by atoms with Gasteiger partial charge in [-0.05, 0) is 43.2 Å². The van der Waals surface area contributed by atoms with Crippen molar-refractivity contribution in [3.8, 4) is 6.07 Å². The molecular formula is C18H20N4O2S. The lowest BCUT2D eigenvalue weighted by atomic mass is 10.1. The predicted octanol–water partition coefficient (Wildman–Crippen LogP) is 2.07. The molecule has 3 N–H and O–H groups in total. The first-order valence-electron chi connectivity index (χ1n) is 8.05. The molecule has 0 spiro atoms. The first-order valence-corrected chi connectivity index (χ1v) is 9.60. The van der Waals surface area contributed by atoms with Crippen molar-refractivity contribution < 1.29 is 8.42 Å². The van der Waals surface area contributed by atoms with Crippen LogP contribution >= 0.6 is 0 Å². The fourth-order valence-corrected chi connectivity index (χ4v) is 3.68. The number of fused-ring (bicyclic) bond motifs is 1. The zero-order valence-corrected chi connectivity index (χ0v) is 14.8. The Bertz CT molecular complexity index is 934. The highest BCUT2D eigenvalue weighted by Crippen LogP contribution is 2.29. The highest BCUT2D eigenvalue weighted by molar-refractivity contribution is 7.89. The molecule has 2 aromatic carbocycles. The van der Waals surface area contributed by atoms with E-state index in [0.717, 1.165) is 13.0 Å². The van der Waals surface area contributed by atoms with Gasteiger partial charge in [0.25, 0.3) is 0 Å². The molecule has 2 aromatic rings. The van der Waals surface area contributed by atoms with Gasteiger partial charge in [0.2, 0.25) is 10.0 Å². The van der Waals surface area contributed by atoms with Crippen LogP contribution in [-0.4, -0.2) is 27.5 Å². The van der Waals surface area contributed by atoms with E-state index in [-0.39, 0.29) is 16.5 Å². The second-order valence-electron chi connectivity index (χ2n) is 6.17. The molecule has 0 bridgehead atoms. The molecule has 1 heterocycles. The summed E-state index contributed by atoms with van der Waals surface area (Å²) < 4.78 is 22.8. The molecule has 1 aliphatic heterocycles. The fourth-order valence-electron chi connectivity index (χ4n) is 3.14. The molecule has 0 radical (unpaired) electrons. The Morgan fingerprint density at radius 1 is 1.32 bits per heavy atom. The summed E-state index contributed by atoms with van der Waals surface area (Å²) in [6.45, 7) is 3.73. The van der Waals surface area contributed by atoms with Crippen LogP contribution in [0.1, 0.15) is 18.1 Å². The van der Waals surface area contributed by atoms with E-state index in [4.69, 9.17) is 5.14 Å². The third-order valence-electron chi connectivity index (χ3n) is 4.48. The number of nitriles is 1. The third-order valence-corrected chi connectivity index (χ3v) is 5.39. The first kappa shape index (κ1) is 17.3. The molecule has 7 heteroatoms. The summed E-state index contributed by atoms with van der Waals surface area (Å²) in [5.41, 5.74) is 3.47. The van der Waals surface area contributed by atoms with Gasteiger partial charge >= 0.3 is 0 Å². The third kappa shape index (κ3) is 3.60. The largest absolute Gasteiger partial charge is 0.382 e. The second kappa shape index (κ2) is 6.75. The summed E-state index contributed by atoms with van der Waals surface area (Å²) in [4.78, 5) is 2.28. The summed E-state index contributed by atoms with van der Waals surface area (Å²) in [5.74, 6) is 0. The molecule has 1 unspecified atom stereocenters. The van der Waals surface area contributed by atoms with Crippen molar-refractivity contribution in [3.63, 3.8) is 0 Å². The first-order chi connectivity index (χ1) is 11.9. The van der Waals surface area contributed by atoms with E-state index in [1.807, 2.05) is 12.1 Å². The van der Waals surface area contributed by atoms with E-state index in [1.54, 1.807) is 6.07 Å². The average molecular weight is 356 g/mol. The Kier molecular flexibility index (Phi) is 4.66. The number of primary sulfonamides is 1. The average Bonchev–Trinajstić information content (AvgIpc) is 3.02. The van der Waals surface area contributed by atoms with Gasteiger partial charge in [-0.1, -0.05) is 18.2 Å². The zero-order chi connectivity index (χ0) is 18.0. The number of nitrogens with zero attached hydrogens (tertiary/aromatic N) is 2. The van der Waals surface area contributed by atoms with Crippen molar-refractivity contribution in [1.82, 2.24) is 0 Å². The maximum absolute atomic E-state index is 11.4. The van der Waals surface area contributed by atoms with E-state index in [0.29, 0.717) is 12.2 Å². The highest BCUT2D eigenvalue weighted by Gasteiger charge is 2.23. The van der Waals surface area contributed by atoms with Crippen LogP contribution in [0.3, 0.4) is 0 Å². The van der Waals surface area contributed by atoms with E-state index in [9.17, 15) is 13.7 Å². The van der Waals surface area contributed by atoms with Crippen LogP contribution < -0.4 is 15.4 Å². The highest BCUT2D eigenvalue weighted by atomic mass is 32.2. The SMILES string of the molecule is CC(CNc1ccc(S(N)(=O)=O)cc1C#N)N1CCc2ccccc21. The van der Waals surface area contributed by atoms with E-state index in [1.165, 1.54) is 23.4 Å². The van der Waals surface area contributed by atoms with Crippen molar-refractivity contribution >= 4 is 21.4 Å². The monoisotopic (exact) mass is 356 g/mol. The molecule has 0 fully saturated rings. The summed E-state index contributed by atoms with van der Waals surface area (Å²) in [6, 6.07) is 14.9. The number of para-hydroxylation sites is 1. The van der Waals surface area contributed by atoms with E-state index >= 15 is 0 Å². The van der Waals surface area contributed by atoms with Crippen LogP contribution in [0.5, 0.6) is 0 Å². The Balaban J connectivity index is 1.73. The van der Waals surface area contributed by atoms with Crippen molar-refractivity contribution in [2.45, 2.75) is 24.3 Å². The Hall–Kier alpha value is -2.56. The van der Waals surface area contributed by atoms with Gasteiger partial charge in [-0.3, -0.25) is 0 Å². The second-order valence-corrected chi connectivity index (χ2v) is 7.73. The molecule has 0 amide bonds.